The molecule has 28 heavy (non-hydrogen) atoms. The SMILES string of the molecule is O=C(NC(=O)N1Cc2[nH]nc(NC(=O)c3cccnc3)c2C1)c1ccccc1. The molecule has 0 saturated carbocycles. The molecule has 0 spiro atoms. The number of anilines is 1. The van der Waals surface area contributed by atoms with Gasteiger partial charge in [0.1, 0.15) is 0 Å². The molecule has 4 rings (SSSR count). The van der Waals surface area contributed by atoms with E-state index in [0.717, 1.165) is 0 Å². The molecule has 0 bridgehead atoms. The van der Waals surface area contributed by atoms with Gasteiger partial charge in [-0.15, -0.1) is 0 Å². The summed E-state index contributed by atoms with van der Waals surface area (Å²) in [4.78, 5) is 42.2. The number of pyridine rings is 1. The summed E-state index contributed by atoms with van der Waals surface area (Å²) in [5.74, 6) is -0.456. The lowest BCUT2D eigenvalue weighted by molar-refractivity contribution is 0.0950. The molecule has 1 aromatic carbocycles. The first-order valence-electron chi connectivity index (χ1n) is 8.54. The third-order valence-electron chi connectivity index (χ3n) is 4.35. The maximum atomic E-state index is 12.4. The van der Waals surface area contributed by atoms with Crippen LogP contribution in [-0.2, 0) is 13.1 Å². The van der Waals surface area contributed by atoms with Gasteiger partial charge in [0, 0.05) is 23.5 Å². The molecule has 9 nitrogen and oxygen atoms in total. The summed E-state index contributed by atoms with van der Waals surface area (Å²) < 4.78 is 0. The Morgan fingerprint density at radius 2 is 1.75 bits per heavy atom. The van der Waals surface area contributed by atoms with Crippen molar-refractivity contribution in [3.05, 3.63) is 77.2 Å². The molecule has 0 radical (unpaired) electrons. The second kappa shape index (κ2) is 7.31. The van der Waals surface area contributed by atoms with Crippen LogP contribution in [-0.4, -0.2) is 37.9 Å². The lowest BCUT2D eigenvalue weighted by atomic mass is 10.2. The predicted octanol–water partition coefficient (Wildman–Crippen LogP) is 1.92. The van der Waals surface area contributed by atoms with Crippen molar-refractivity contribution in [3.8, 4) is 0 Å². The Balaban J connectivity index is 1.41. The lowest BCUT2D eigenvalue weighted by Crippen LogP contribution is -2.40. The summed E-state index contributed by atoms with van der Waals surface area (Å²) >= 11 is 0. The highest BCUT2D eigenvalue weighted by atomic mass is 16.2. The molecule has 0 unspecified atom stereocenters. The van der Waals surface area contributed by atoms with E-state index in [2.05, 4.69) is 25.8 Å². The summed E-state index contributed by atoms with van der Waals surface area (Å²) in [6.07, 6.45) is 3.04. The van der Waals surface area contributed by atoms with Gasteiger partial charge in [0.25, 0.3) is 11.8 Å². The van der Waals surface area contributed by atoms with Crippen molar-refractivity contribution < 1.29 is 14.4 Å². The zero-order chi connectivity index (χ0) is 19.5. The molecule has 1 aliphatic rings. The molecule has 140 valence electrons. The minimum absolute atomic E-state index is 0.225. The van der Waals surface area contributed by atoms with Crippen molar-refractivity contribution in [1.29, 1.82) is 0 Å². The molecule has 0 fully saturated rings. The van der Waals surface area contributed by atoms with E-state index < -0.39 is 11.9 Å². The largest absolute Gasteiger partial charge is 0.324 e. The van der Waals surface area contributed by atoms with E-state index in [0.29, 0.717) is 28.2 Å². The van der Waals surface area contributed by atoms with Crippen molar-refractivity contribution in [2.45, 2.75) is 13.1 Å². The molecular weight excluding hydrogens is 360 g/mol. The smallest absolute Gasteiger partial charge is 0.314 e. The average molecular weight is 376 g/mol. The van der Waals surface area contributed by atoms with E-state index in [9.17, 15) is 14.4 Å². The number of urea groups is 1. The molecule has 1 aliphatic heterocycles. The maximum absolute atomic E-state index is 12.4. The summed E-state index contributed by atoms with van der Waals surface area (Å²) in [6.45, 7) is 0.487. The fourth-order valence-corrected chi connectivity index (χ4v) is 2.90. The second-order valence-electron chi connectivity index (χ2n) is 6.21. The number of hydrogen-bond donors (Lipinski definition) is 3. The van der Waals surface area contributed by atoms with Crippen LogP contribution in [0.25, 0.3) is 0 Å². The zero-order valence-electron chi connectivity index (χ0n) is 14.7. The number of carbonyl (C=O) groups is 3. The Hall–Kier alpha value is -4.01. The molecule has 0 aliphatic carbocycles. The molecule has 3 N–H and O–H groups in total. The Morgan fingerprint density at radius 1 is 0.964 bits per heavy atom. The number of nitrogens with zero attached hydrogens (tertiary/aromatic N) is 3. The first-order chi connectivity index (χ1) is 13.6. The van der Waals surface area contributed by atoms with E-state index >= 15 is 0 Å². The van der Waals surface area contributed by atoms with Gasteiger partial charge < -0.3 is 10.2 Å². The maximum Gasteiger partial charge on any atom is 0.324 e. The van der Waals surface area contributed by atoms with Crippen molar-refractivity contribution in [2.75, 3.05) is 5.32 Å². The summed E-state index contributed by atoms with van der Waals surface area (Å²) in [5, 5.41) is 12.0. The molecule has 9 heteroatoms. The van der Waals surface area contributed by atoms with Crippen molar-refractivity contribution in [2.24, 2.45) is 0 Å². The molecule has 2 aromatic heterocycles. The van der Waals surface area contributed by atoms with E-state index in [1.54, 1.807) is 48.7 Å². The summed E-state index contributed by atoms with van der Waals surface area (Å²) in [7, 11) is 0. The number of hydrogen-bond acceptors (Lipinski definition) is 5. The van der Waals surface area contributed by atoms with Gasteiger partial charge in [-0.25, -0.2) is 4.79 Å². The van der Waals surface area contributed by atoms with E-state index in [-0.39, 0.29) is 19.0 Å². The fourth-order valence-electron chi connectivity index (χ4n) is 2.90. The molecule has 3 heterocycles. The van der Waals surface area contributed by atoms with Crippen molar-refractivity contribution in [3.63, 3.8) is 0 Å². The number of fused-ring (bicyclic) bond motifs is 1. The molecule has 4 amide bonds. The van der Waals surface area contributed by atoms with Crippen LogP contribution in [0, 0.1) is 0 Å². The molecular formula is C19H16N6O3. The second-order valence-corrected chi connectivity index (χ2v) is 6.21. The van der Waals surface area contributed by atoms with Gasteiger partial charge >= 0.3 is 6.03 Å². The van der Waals surface area contributed by atoms with Gasteiger partial charge in [-0.2, -0.15) is 5.10 Å². The number of carbonyl (C=O) groups excluding carboxylic acids is 3. The monoisotopic (exact) mass is 376 g/mol. The van der Waals surface area contributed by atoms with Crippen LogP contribution in [0.1, 0.15) is 32.0 Å². The van der Waals surface area contributed by atoms with Crippen LogP contribution in [0.5, 0.6) is 0 Å². The first-order valence-corrected chi connectivity index (χ1v) is 8.54. The Labute approximate surface area is 159 Å². The highest BCUT2D eigenvalue weighted by Crippen LogP contribution is 2.27. The Bertz CT molecular complexity index is 1030. The van der Waals surface area contributed by atoms with Crippen LogP contribution in [0.15, 0.2) is 54.9 Å². The van der Waals surface area contributed by atoms with E-state index in [4.69, 9.17) is 0 Å². The van der Waals surface area contributed by atoms with E-state index in [1.165, 1.54) is 11.1 Å². The third kappa shape index (κ3) is 3.45. The van der Waals surface area contributed by atoms with Gasteiger partial charge in [0.2, 0.25) is 0 Å². The van der Waals surface area contributed by atoms with Gasteiger partial charge in [-0.1, -0.05) is 18.2 Å². The van der Waals surface area contributed by atoms with Crippen LogP contribution in [0.2, 0.25) is 0 Å². The quantitative estimate of drug-likeness (QED) is 0.645. The van der Waals surface area contributed by atoms with Crippen molar-refractivity contribution in [1.82, 2.24) is 25.4 Å². The van der Waals surface area contributed by atoms with Crippen molar-refractivity contribution >= 4 is 23.7 Å². The third-order valence-corrected chi connectivity index (χ3v) is 4.35. The van der Waals surface area contributed by atoms with Crippen LogP contribution in [0.3, 0.4) is 0 Å². The predicted molar refractivity (Wildman–Crippen MR) is 99.3 cm³/mol. The topological polar surface area (TPSA) is 120 Å². The first kappa shape index (κ1) is 17.4. The minimum atomic E-state index is -0.511. The van der Waals surface area contributed by atoms with Gasteiger partial charge in [0.05, 0.1) is 24.3 Å². The van der Waals surface area contributed by atoms with Crippen LogP contribution >= 0.6 is 0 Å². The normalized spacial score (nSPS) is 12.4. The van der Waals surface area contributed by atoms with Crippen LogP contribution < -0.4 is 10.6 Å². The highest BCUT2D eigenvalue weighted by molar-refractivity contribution is 6.05. The fraction of sp³-hybridized carbons (Fsp3) is 0.105. The Kier molecular flexibility index (Phi) is 4.55. The zero-order valence-corrected chi connectivity index (χ0v) is 14.7. The average Bonchev–Trinajstić information content (AvgIpc) is 3.31. The highest BCUT2D eigenvalue weighted by Gasteiger charge is 2.29. The molecule has 0 saturated heterocycles. The number of rotatable bonds is 3. The van der Waals surface area contributed by atoms with Gasteiger partial charge in [0.15, 0.2) is 5.82 Å². The number of benzene rings is 1. The van der Waals surface area contributed by atoms with E-state index in [1.807, 2.05) is 0 Å². The minimum Gasteiger partial charge on any atom is -0.314 e. The number of H-pyrrole nitrogens is 1. The summed E-state index contributed by atoms with van der Waals surface area (Å²) in [6, 6.07) is 11.3. The number of aromatic nitrogens is 3. The van der Waals surface area contributed by atoms with Gasteiger partial charge in [-0.05, 0) is 24.3 Å². The lowest BCUT2D eigenvalue weighted by Gasteiger charge is -2.16. The number of imide groups is 1. The number of nitrogens with one attached hydrogen (secondary N) is 3. The number of amides is 4. The Morgan fingerprint density at radius 3 is 2.50 bits per heavy atom. The standard InChI is InChI=1S/C19H16N6O3/c26-17(12-5-2-1-3-6-12)22-19(28)25-10-14-15(11-25)23-24-16(14)21-18(27)13-7-4-8-20-9-13/h1-9H,10-11H2,(H,22,26,28)(H2,21,23,24,27). The molecule has 3 aromatic rings. The molecule has 0 atom stereocenters. The number of aromatic amines is 1. The van der Waals surface area contributed by atoms with Crippen LogP contribution in [0.4, 0.5) is 10.6 Å². The van der Waals surface area contributed by atoms with Gasteiger partial charge in [-0.3, -0.25) is 25.0 Å². The summed E-state index contributed by atoms with van der Waals surface area (Å²) in [5.41, 5.74) is 2.23.